The first kappa shape index (κ1) is 13.3. The fourth-order valence-corrected chi connectivity index (χ4v) is 2.86. The number of aromatic amines is 1. The van der Waals surface area contributed by atoms with E-state index >= 15 is 0 Å². The van der Waals surface area contributed by atoms with Gasteiger partial charge in [0.25, 0.3) is 0 Å². The highest BCUT2D eigenvalue weighted by molar-refractivity contribution is 6.03. The predicted octanol–water partition coefficient (Wildman–Crippen LogP) is 4.78. The van der Waals surface area contributed by atoms with E-state index in [1.54, 1.807) is 6.20 Å². The number of aromatic nitrogens is 2. The van der Waals surface area contributed by atoms with Crippen LogP contribution in [0.3, 0.4) is 0 Å². The number of hydrogen-bond donors (Lipinski definition) is 1. The number of benzene rings is 2. The van der Waals surface area contributed by atoms with Gasteiger partial charge < -0.3 is 4.98 Å². The molecule has 0 amide bonds. The number of para-hydroxylation sites is 2. The smallest absolute Gasteiger partial charge is 0.0998 e. The molecular formula is C20H13N3. The average molecular weight is 295 g/mol. The van der Waals surface area contributed by atoms with Crippen molar-refractivity contribution in [3.05, 3.63) is 78.1 Å². The molecule has 23 heavy (non-hydrogen) atoms. The highest BCUT2D eigenvalue weighted by Gasteiger charge is 2.09. The van der Waals surface area contributed by atoms with Gasteiger partial charge >= 0.3 is 0 Å². The van der Waals surface area contributed by atoms with Crippen LogP contribution in [0.5, 0.6) is 0 Å². The largest absolute Gasteiger partial charge is 0.361 e. The fraction of sp³-hybridized carbons (Fsp3) is 0. The first-order valence-electron chi connectivity index (χ1n) is 7.39. The third-order valence-corrected chi connectivity index (χ3v) is 3.98. The van der Waals surface area contributed by atoms with Gasteiger partial charge in [-0.25, -0.2) is 0 Å². The van der Waals surface area contributed by atoms with Crippen LogP contribution in [0.25, 0.3) is 33.5 Å². The SMILES string of the molecule is N#C/C(=C\c1ccnc2ccccc12)c1c[nH]c2ccccc12. The molecule has 0 aliphatic heterocycles. The van der Waals surface area contributed by atoms with Crippen molar-refractivity contribution in [2.75, 3.05) is 0 Å². The molecular weight excluding hydrogens is 282 g/mol. The molecule has 4 rings (SSSR count). The van der Waals surface area contributed by atoms with Crippen molar-refractivity contribution in [3.63, 3.8) is 0 Å². The molecule has 0 bridgehead atoms. The van der Waals surface area contributed by atoms with Crippen molar-refractivity contribution in [1.82, 2.24) is 9.97 Å². The molecule has 0 radical (unpaired) electrons. The van der Waals surface area contributed by atoms with Crippen LogP contribution in [-0.4, -0.2) is 9.97 Å². The summed E-state index contributed by atoms with van der Waals surface area (Å²) < 4.78 is 0. The summed E-state index contributed by atoms with van der Waals surface area (Å²) in [6.45, 7) is 0. The number of nitriles is 1. The number of hydrogen-bond acceptors (Lipinski definition) is 2. The van der Waals surface area contributed by atoms with Crippen molar-refractivity contribution < 1.29 is 0 Å². The quantitative estimate of drug-likeness (QED) is 0.541. The maximum atomic E-state index is 9.64. The van der Waals surface area contributed by atoms with Crippen LogP contribution in [0.2, 0.25) is 0 Å². The summed E-state index contributed by atoms with van der Waals surface area (Å²) >= 11 is 0. The van der Waals surface area contributed by atoms with Gasteiger partial charge in [-0.1, -0.05) is 36.4 Å². The number of H-pyrrole nitrogens is 1. The standard InChI is InChI=1S/C20H13N3/c21-12-15(18-13-23-20-8-4-2-6-17(18)20)11-14-9-10-22-19-7-3-1-5-16(14)19/h1-11,13,23H/b15-11+. The lowest BCUT2D eigenvalue weighted by Crippen LogP contribution is -1.84. The van der Waals surface area contributed by atoms with Crippen LogP contribution in [0.1, 0.15) is 11.1 Å². The number of allylic oxidation sites excluding steroid dienone is 1. The number of nitrogens with zero attached hydrogens (tertiary/aromatic N) is 2. The lowest BCUT2D eigenvalue weighted by Gasteiger charge is -2.03. The van der Waals surface area contributed by atoms with Gasteiger partial charge in [0, 0.05) is 34.2 Å². The Morgan fingerprint density at radius 1 is 1.00 bits per heavy atom. The second-order valence-electron chi connectivity index (χ2n) is 5.34. The summed E-state index contributed by atoms with van der Waals surface area (Å²) in [4.78, 5) is 7.59. The van der Waals surface area contributed by atoms with Crippen molar-refractivity contribution in [2.45, 2.75) is 0 Å². The van der Waals surface area contributed by atoms with E-state index in [1.807, 2.05) is 66.9 Å². The van der Waals surface area contributed by atoms with Crippen LogP contribution in [0, 0.1) is 11.3 Å². The molecule has 3 nitrogen and oxygen atoms in total. The van der Waals surface area contributed by atoms with E-state index in [1.165, 1.54) is 0 Å². The minimum Gasteiger partial charge on any atom is -0.361 e. The number of rotatable bonds is 2. The molecule has 0 saturated heterocycles. The Kier molecular flexibility index (Phi) is 3.14. The monoisotopic (exact) mass is 295 g/mol. The highest BCUT2D eigenvalue weighted by atomic mass is 14.7. The summed E-state index contributed by atoms with van der Waals surface area (Å²) in [5.74, 6) is 0. The van der Waals surface area contributed by atoms with Gasteiger partial charge in [-0.05, 0) is 29.8 Å². The molecule has 108 valence electrons. The molecule has 0 spiro atoms. The second kappa shape index (κ2) is 5.43. The number of pyridine rings is 1. The van der Waals surface area contributed by atoms with E-state index in [9.17, 15) is 5.26 Å². The minimum atomic E-state index is 0.638. The summed E-state index contributed by atoms with van der Waals surface area (Å²) in [5.41, 5.74) is 4.51. The van der Waals surface area contributed by atoms with Crippen LogP contribution in [-0.2, 0) is 0 Å². The average Bonchev–Trinajstić information content (AvgIpc) is 3.04. The Bertz CT molecular complexity index is 1080. The molecule has 0 fully saturated rings. The van der Waals surface area contributed by atoms with Crippen molar-refractivity contribution in [2.24, 2.45) is 0 Å². The maximum absolute atomic E-state index is 9.64. The zero-order valence-electron chi connectivity index (χ0n) is 12.3. The molecule has 3 heteroatoms. The Morgan fingerprint density at radius 2 is 1.78 bits per heavy atom. The lowest BCUT2D eigenvalue weighted by atomic mass is 10.0. The Labute approximate surface area is 133 Å². The summed E-state index contributed by atoms with van der Waals surface area (Å²) in [5, 5.41) is 11.7. The molecule has 0 unspecified atom stereocenters. The highest BCUT2D eigenvalue weighted by Crippen LogP contribution is 2.27. The zero-order chi connectivity index (χ0) is 15.6. The Morgan fingerprint density at radius 3 is 2.65 bits per heavy atom. The van der Waals surface area contributed by atoms with Crippen LogP contribution >= 0.6 is 0 Å². The molecule has 2 heterocycles. The summed E-state index contributed by atoms with van der Waals surface area (Å²) in [6, 6.07) is 20.2. The molecule has 4 aromatic rings. The normalized spacial score (nSPS) is 11.7. The first-order valence-corrected chi connectivity index (χ1v) is 7.39. The minimum absolute atomic E-state index is 0.638. The molecule has 0 atom stereocenters. The molecule has 1 N–H and O–H groups in total. The number of nitrogens with one attached hydrogen (secondary N) is 1. The van der Waals surface area contributed by atoms with E-state index in [0.717, 1.165) is 32.9 Å². The van der Waals surface area contributed by atoms with E-state index in [0.29, 0.717) is 5.57 Å². The van der Waals surface area contributed by atoms with Crippen molar-refractivity contribution in [1.29, 1.82) is 5.26 Å². The predicted molar refractivity (Wildman–Crippen MR) is 93.5 cm³/mol. The van der Waals surface area contributed by atoms with Crippen LogP contribution in [0.15, 0.2) is 67.0 Å². The van der Waals surface area contributed by atoms with Gasteiger partial charge in [0.05, 0.1) is 17.2 Å². The molecule has 0 saturated carbocycles. The van der Waals surface area contributed by atoms with Crippen LogP contribution in [0.4, 0.5) is 0 Å². The van der Waals surface area contributed by atoms with E-state index in [2.05, 4.69) is 16.0 Å². The van der Waals surface area contributed by atoms with Gasteiger partial charge in [-0.15, -0.1) is 0 Å². The maximum Gasteiger partial charge on any atom is 0.0998 e. The topological polar surface area (TPSA) is 52.5 Å². The summed E-state index contributed by atoms with van der Waals surface area (Å²) in [6.07, 6.45) is 5.60. The van der Waals surface area contributed by atoms with Gasteiger partial charge in [0.15, 0.2) is 0 Å². The fourth-order valence-electron chi connectivity index (χ4n) is 2.86. The van der Waals surface area contributed by atoms with Crippen LogP contribution < -0.4 is 0 Å². The van der Waals surface area contributed by atoms with E-state index in [-0.39, 0.29) is 0 Å². The third kappa shape index (κ3) is 2.27. The molecule has 0 aliphatic carbocycles. The number of fused-ring (bicyclic) bond motifs is 2. The van der Waals surface area contributed by atoms with Crippen molar-refractivity contribution in [3.8, 4) is 6.07 Å². The van der Waals surface area contributed by atoms with Gasteiger partial charge in [0.2, 0.25) is 0 Å². The van der Waals surface area contributed by atoms with E-state index < -0.39 is 0 Å². The second-order valence-corrected chi connectivity index (χ2v) is 5.34. The summed E-state index contributed by atoms with van der Waals surface area (Å²) in [7, 11) is 0. The Balaban J connectivity index is 1.93. The van der Waals surface area contributed by atoms with Gasteiger partial charge in [-0.2, -0.15) is 5.26 Å². The first-order chi connectivity index (χ1) is 11.4. The molecule has 0 aliphatic rings. The van der Waals surface area contributed by atoms with Gasteiger partial charge in [-0.3, -0.25) is 4.98 Å². The third-order valence-electron chi connectivity index (χ3n) is 3.98. The molecule has 2 aromatic carbocycles. The Hall–Kier alpha value is -3.38. The lowest BCUT2D eigenvalue weighted by molar-refractivity contribution is 1.40. The molecule has 2 aromatic heterocycles. The van der Waals surface area contributed by atoms with Crippen molar-refractivity contribution >= 4 is 33.5 Å². The van der Waals surface area contributed by atoms with Gasteiger partial charge in [0.1, 0.15) is 0 Å². The van der Waals surface area contributed by atoms with E-state index in [4.69, 9.17) is 0 Å². The zero-order valence-corrected chi connectivity index (χ0v) is 12.3.